The van der Waals surface area contributed by atoms with Crippen molar-refractivity contribution in [3.63, 3.8) is 0 Å². The molecule has 2 fully saturated rings. The predicted octanol–water partition coefficient (Wildman–Crippen LogP) is 4.93. The van der Waals surface area contributed by atoms with Gasteiger partial charge in [-0.25, -0.2) is 8.78 Å². The Balaban J connectivity index is 2.75. The van der Waals surface area contributed by atoms with Gasteiger partial charge in [-0.2, -0.15) is 43.9 Å². The molecule has 1 saturated heterocycles. The van der Waals surface area contributed by atoms with Crippen molar-refractivity contribution in [3.8, 4) is 0 Å². The van der Waals surface area contributed by atoms with Crippen LogP contribution in [0.5, 0.6) is 0 Å². The number of halogens is 12. The van der Waals surface area contributed by atoms with Gasteiger partial charge < -0.3 is 0 Å². The number of rotatable bonds is 1. The maximum Gasteiger partial charge on any atom is 0.384 e. The van der Waals surface area contributed by atoms with Crippen LogP contribution in [0, 0.1) is 5.41 Å². The van der Waals surface area contributed by atoms with Gasteiger partial charge in [0.25, 0.3) is 0 Å². The zero-order chi connectivity index (χ0) is 21.0. The largest absolute Gasteiger partial charge is 0.384 e. The second kappa shape index (κ2) is 4.73. The van der Waals surface area contributed by atoms with Gasteiger partial charge in [0, 0.05) is 5.41 Å². The Morgan fingerprint density at radius 3 is 1.08 bits per heavy atom. The summed E-state index contributed by atoms with van der Waals surface area (Å²) < 4.78 is 171. The van der Waals surface area contributed by atoms with Crippen molar-refractivity contribution < 1.29 is 62.2 Å². The van der Waals surface area contributed by atoms with Gasteiger partial charge in [-0.3, -0.25) is 9.47 Å². The molecule has 2 nitrogen and oxygen atoms in total. The number of hydrogen-bond donors (Lipinski definition) is 0. The molecule has 1 heterocycles. The Kier molecular flexibility index (Phi) is 3.89. The molecule has 0 radical (unpaired) electrons. The van der Waals surface area contributed by atoms with Crippen molar-refractivity contribution in [2.45, 2.75) is 68.4 Å². The zero-order valence-electron chi connectivity index (χ0n) is 12.9. The summed E-state index contributed by atoms with van der Waals surface area (Å²) in [7, 11) is 0. The maximum atomic E-state index is 14.3. The third kappa shape index (κ3) is 1.85. The highest BCUT2D eigenvalue weighted by molar-refractivity contribution is 5.26. The minimum atomic E-state index is -7.21. The van der Waals surface area contributed by atoms with Gasteiger partial charge in [0.05, 0.1) is 0 Å². The second-order valence-corrected chi connectivity index (χ2v) is 6.93. The zero-order valence-corrected chi connectivity index (χ0v) is 12.9. The van der Waals surface area contributed by atoms with E-state index in [1.54, 1.807) is 0 Å². The van der Waals surface area contributed by atoms with Crippen LogP contribution < -0.4 is 0 Å². The molecule has 1 saturated carbocycles. The molecule has 2 aliphatic rings. The monoisotopic (exact) mass is 414 g/mol. The third-order valence-corrected chi connectivity index (χ3v) is 4.24. The Morgan fingerprint density at radius 1 is 0.577 bits per heavy atom. The summed E-state index contributed by atoms with van der Waals surface area (Å²) in [4.78, 5) is 0. The number of fused-ring (bicyclic) bond motifs is 1. The SMILES string of the molecule is CC(C)(C)C(F)(F)C1OC2(F)C(F)(F)C(F)(F)C(F)(F)C(F)(F)C2(F)O1. The molecular formula is C12H10F12O2. The van der Waals surface area contributed by atoms with Crippen molar-refractivity contribution in [1.82, 2.24) is 0 Å². The fraction of sp³-hybridized carbons (Fsp3) is 1.00. The average molecular weight is 414 g/mol. The highest BCUT2D eigenvalue weighted by Crippen LogP contribution is 2.72. The van der Waals surface area contributed by atoms with E-state index in [0.717, 1.165) is 0 Å². The van der Waals surface area contributed by atoms with E-state index in [-0.39, 0.29) is 0 Å². The average Bonchev–Trinajstić information content (AvgIpc) is 2.72. The van der Waals surface area contributed by atoms with Gasteiger partial charge in [-0.05, 0) is 0 Å². The van der Waals surface area contributed by atoms with E-state index >= 15 is 0 Å². The van der Waals surface area contributed by atoms with E-state index in [0.29, 0.717) is 20.8 Å². The van der Waals surface area contributed by atoms with E-state index in [9.17, 15) is 52.7 Å². The molecule has 2 unspecified atom stereocenters. The number of ether oxygens (including phenoxy) is 2. The van der Waals surface area contributed by atoms with Crippen LogP contribution in [0.25, 0.3) is 0 Å². The quantitative estimate of drug-likeness (QED) is 0.567. The summed E-state index contributed by atoms with van der Waals surface area (Å²) in [5, 5.41) is 0. The lowest BCUT2D eigenvalue weighted by Gasteiger charge is -2.50. The Bertz CT molecular complexity index is 572. The molecule has 0 aromatic carbocycles. The van der Waals surface area contributed by atoms with Gasteiger partial charge in [0.2, 0.25) is 6.29 Å². The Morgan fingerprint density at radius 2 is 0.846 bits per heavy atom. The van der Waals surface area contributed by atoms with Crippen molar-refractivity contribution in [3.05, 3.63) is 0 Å². The molecule has 154 valence electrons. The number of hydrogen-bond acceptors (Lipinski definition) is 2. The highest BCUT2D eigenvalue weighted by Gasteiger charge is 3.04. The molecule has 0 amide bonds. The first-order valence-corrected chi connectivity index (χ1v) is 6.69. The summed E-state index contributed by atoms with van der Waals surface area (Å²) in [6.45, 7) is 1.87. The van der Waals surface area contributed by atoms with E-state index in [1.165, 1.54) is 0 Å². The molecule has 0 aromatic heterocycles. The number of alkyl halides is 12. The van der Waals surface area contributed by atoms with Crippen molar-refractivity contribution in [1.29, 1.82) is 0 Å². The van der Waals surface area contributed by atoms with Crippen LogP contribution in [-0.4, -0.2) is 47.6 Å². The second-order valence-electron chi connectivity index (χ2n) is 6.93. The van der Waals surface area contributed by atoms with Crippen LogP contribution in [0.15, 0.2) is 0 Å². The van der Waals surface area contributed by atoms with E-state index in [1.807, 2.05) is 0 Å². The topological polar surface area (TPSA) is 18.5 Å². The van der Waals surface area contributed by atoms with Crippen molar-refractivity contribution >= 4 is 0 Å². The molecule has 1 aliphatic carbocycles. The minimum absolute atomic E-state index is 0.622. The molecule has 0 aromatic rings. The summed E-state index contributed by atoms with van der Waals surface area (Å²) in [5.74, 6) is -45.8. The standard InChI is InChI=1S/C12H10F12O2/c1-5(2,3)6(13,14)4-25-11(23)9(19,20)7(15,16)8(17,18)10(21,22)12(11,24)26-4/h4H,1-3H3. The molecule has 2 rings (SSSR count). The van der Waals surface area contributed by atoms with Crippen molar-refractivity contribution in [2.24, 2.45) is 5.41 Å². The lowest BCUT2D eigenvalue weighted by atomic mass is 9.78. The smallest absolute Gasteiger partial charge is 0.300 e. The Hall–Kier alpha value is -0.920. The van der Waals surface area contributed by atoms with Crippen LogP contribution >= 0.6 is 0 Å². The van der Waals surface area contributed by atoms with E-state index in [2.05, 4.69) is 9.47 Å². The molecule has 0 spiro atoms. The van der Waals surface area contributed by atoms with Gasteiger partial charge in [0.15, 0.2) is 0 Å². The van der Waals surface area contributed by atoms with Crippen LogP contribution in [0.3, 0.4) is 0 Å². The lowest BCUT2D eigenvalue weighted by Crippen LogP contribution is -2.84. The van der Waals surface area contributed by atoms with Gasteiger partial charge >= 0.3 is 41.3 Å². The van der Waals surface area contributed by atoms with Gasteiger partial charge in [-0.1, -0.05) is 20.8 Å². The van der Waals surface area contributed by atoms with Gasteiger partial charge in [-0.15, -0.1) is 0 Å². The summed E-state index contributed by atoms with van der Waals surface area (Å²) in [6, 6.07) is 0. The minimum Gasteiger partial charge on any atom is -0.300 e. The van der Waals surface area contributed by atoms with Crippen LogP contribution in [0.1, 0.15) is 20.8 Å². The van der Waals surface area contributed by atoms with Crippen LogP contribution in [-0.2, 0) is 9.47 Å². The first-order chi connectivity index (χ1) is 11.1. The van der Waals surface area contributed by atoms with Crippen LogP contribution in [0.4, 0.5) is 52.7 Å². The predicted molar refractivity (Wildman–Crippen MR) is 57.8 cm³/mol. The molecule has 1 aliphatic heterocycles. The summed E-state index contributed by atoms with van der Waals surface area (Å²) in [6.07, 6.45) is -3.93. The molecule has 0 N–H and O–H groups in total. The fourth-order valence-electron chi connectivity index (χ4n) is 2.32. The fourth-order valence-corrected chi connectivity index (χ4v) is 2.32. The highest BCUT2D eigenvalue weighted by atomic mass is 19.4. The molecule has 14 heteroatoms. The van der Waals surface area contributed by atoms with Crippen LogP contribution in [0.2, 0.25) is 0 Å². The summed E-state index contributed by atoms with van der Waals surface area (Å²) >= 11 is 0. The molecule has 0 bridgehead atoms. The molecule has 2 atom stereocenters. The maximum absolute atomic E-state index is 14.3. The first kappa shape index (κ1) is 21.4. The third-order valence-electron chi connectivity index (χ3n) is 4.24. The lowest BCUT2D eigenvalue weighted by molar-refractivity contribution is -0.507. The summed E-state index contributed by atoms with van der Waals surface area (Å²) in [5.41, 5.74) is -2.45. The Labute approximate surface area is 137 Å². The van der Waals surface area contributed by atoms with Crippen molar-refractivity contribution in [2.75, 3.05) is 0 Å². The normalized spacial score (nSPS) is 41.0. The molecule has 26 heavy (non-hydrogen) atoms. The van der Waals surface area contributed by atoms with Gasteiger partial charge in [0.1, 0.15) is 0 Å². The van der Waals surface area contributed by atoms with E-state index in [4.69, 9.17) is 0 Å². The van der Waals surface area contributed by atoms with E-state index < -0.39 is 53.0 Å². The molecular weight excluding hydrogens is 404 g/mol. The first-order valence-electron chi connectivity index (χ1n) is 6.69.